The predicted octanol–water partition coefficient (Wildman–Crippen LogP) is 3.31. The molecule has 3 aromatic rings. The van der Waals surface area contributed by atoms with E-state index in [1.807, 2.05) is 54.6 Å². The van der Waals surface area contributed by atoms with Crippen molar-refractivity contribution in [2.24, 2.45) is 0 Å². The van der Waals surface area contributed by atoms with E-state index in [0.717, 1.165) is 23.1 Å². The van der Waals surface area contributed by atoms with E-state index in [9.17, 15) is 14.0 Å². The van der Waals surface area contributed by atoms with Gasteiger partial charge in [0.1, 0.15) is 12.4 Å². The second-order valence-corrected chi connectivity index (χ2v) is 7.58. The van der Waals surface area contributed by atoms with Gasteiger partial charge in [-0.05, 0) is 35.9 Å². The van der Waals surface area contributed by atoms with Crippen molar-refractivity contribution in [1.82, 2.24) is 9.88 Å². The molecule has 33 heavy (non-hydrogen) atoms. The molecule has 170 valence electrons. The first kappa shape index (κ1) is 22.3. The SMILES string of the molecule is O=C(OCC(=O)N1CCN(c2ccc(OCc3ccccc3)cc2)CC1)c1ccnc([18F])c1. The number of halogens is 1. The Kier molecular flexibility index (Phi) is 7.14. The molecular weight excluding hydrogens is 424 g/mol. The highest BCUT2D eigenvalue weighted by atomic mass is 18.2. The summed E-state index contributed by atoms with van der Waals surface area (Å²) < 4.78 is 24.0. The molecule has 1 amide bonds. The molecule has 7 nitrogen and oxygen atoms in total. The number of ether oxygens (including phenoxy) is 2. The summed E-state index contributed by atoms with van der Waals surface area (Å²) in [5, 5.41) is 0. The lowest BCUT2D eigenvalue weighted by Crippen LogP contribution is -2.49. The summed E-state index contributed by atoms with van der Waals surface area (Å²) in [5.41, 5.74) is 2.19. The number of hydrogen-bond donors (Lipinski definition) is 0. The van der Waals surface area contributed by atoms with Crippen LogP contribution in [0.3, 0.4) is 0 Å². The Hall–Kier alpha value is -3.94. The predicted molar refractivity (Wildman–Crippen MR) is 120 cm³/mol. The minimum absolute atomic E-state index is 0.0244. The van der Waals surface area contributed by atoms with Crippen LogP contribution in [0.25, 0.3) is 0 Å². The Bertz CT molecular complexity index is 1080. The van der Waals surface area contributed by atoms with Crippen molar-refractivity contribution in [3.8, 4) is 5.75 Å². The number of piperazine rings is 1. The van der Waals surface area contributed by atoms with Crippen molar-refractivity contribution in [2.75, 3.05) is 37.7 Å². The fourth-order valence-corrected chi connectivity index (χ4v) is 3.54. The molecule has 1 aliphatic heterocycles. The Balaban J connectivity index is 1.22. The van der Waals surface area contributed by atoms with Gasteiger partial charge in [0.15, 0.2) is 6.61 Å². The van der Waals surface area contributed by atoms with Gasteiger partial charge in [0.25, 0.3) is 5.91 Å². The third-order valence-electron chi connectivity index (χ3n) is 5.37. The lowest BCUT2D eigenvalue weighted by molar-refractivity contribution is -0.134. The smallest absolute Gasteiger partial charge is 0.338 e. The van der Waals surface area contributed by atoms with Crippen molar-refractivity contribution in [3.05, 3.63) is 90.0 Å². The largest absolute Gasteiger partial charge is 0.489 e. The Labute approximate surface area is 191 Å². The Morgan fingerprint density at radius 1 is 0.939 bits per heavy atom. The number of carbonyl (C=O) groups is 2. The van der Waals surface area contributed by atoms with Crippen LogP contribution in [0.4, 0.5) is 10.1 Å². The van der Waals surface area contributed by atoms with Crippen LogP contribution in [-0.2, 0) is 16.1 Å². The number of anilines is 1. The average molecular weight is 448 g/mol. The first-order valence-corrected chi connectivity index (χ1v) is 10.7. The van der Waals surface area contributed by atoms with Gasteiger partial charge in [-0.3, -0.25) is 4.79 Å². The van der Waals surface area contributed by atoms with Gasteiger partial charge in [-0.15, -0.1) is 0 Å². The molecule has 1 aliphatic rings. The summed E-state index contributed by atoms with van der Waals surface area (Å²) in [6, 6.07) is 20.2. The zero-order chi connectivity index (χ0) is 23.0. The molecule has 0 radical (unpaired) electrons. The quantitative estimate of drug-likeness (QED) is 0.408. The van der Waals surface area contributed by atoms with E-state index in [-0.39, 0.29) is 18.1 Å². The zero-order valence-corrected chi connectivity index (χ0v) is 18.0. The van der Waals surface area contributed by atoms with Crippen molar-refractivity contribution < 1.29 is 23.5 Å². The topological polar surface area (TPSA) is 72.0 Å². The summed E-state index contributed by atoms with van der Waals surface area (Å²) in [7, 11) is 0. The number of benzene rings is 2. The monoisotopic (exact) mass is 448 g/mol. The second-order valence-electron chi connectivity index (χ2n) is 7.58. The summed E-state index contributed by atoms with van der Waals surface area (Å²) in [4.78, 5) is 31.6. The van der Waals surface area contributed by atoms with Gasteiger partial charge >= 0.3 is 5.97 Å². The minimum Gasteiger partial charge on any atom is -0.489 e. The standard InChI is InChI=1S/C25H24FN3O4/c26-23-16-20(10-11-27-23)25(31)33-18-24(30)29-14-12-28(13-15-29)21-6-8-22(9-7-21)32-17-19-4-2-1-3-5-19/h1-11,16H,12-15,17-18H2/i26-1. The number of hydrogen-bond acceptors (Lipinski definition) is 6. The molecule has 8 heteroatoms. The van der Waals surface area contributed by atoms with Crippen LogP contribution in [0, 0.1) is 5.95 Å². The molecule has 0 unspecified atom stereocenters. The molecule has 0 atom stereocenters. The molecule has 1 saturated heterocycles. The maximum absolute atomic E-state index is 13.1. The lowest BCUT2D eigenvalue weighted by Gasteiger charge is -2.36. The van der Waals surface area contributed by atoms with Crippen LogP contribution < -0.4 is 9.64 Å². The van der Waals surface area contributed by atoms with Crippen molar-refractivity contribution in [1.29, 1.82) is 0 Å². The maximum Gasteiger partial charge on any atom is 0.338 e. The highest BCUT2D eigenvalue weighted by Gasteiger charge is 2.22. The third-order valence-corrected chi connectivity index (χ3v) is 5.37. The molecule has 0 saturated carbocycles. The minimum atomic E-state index is -0.775. The lowest BCUT2D eigenvalue weighted by atomic mass is 10.2. The van der Waals surface area contributed by atoms with E-state index >= 15 is 0 Å². The Morgan fingerprint density at radius 2 is 1.67 bits per heavy atom. The molecular formula is C25H24FN3O4. The highest BCUT2D eigenvalue weighted by Crippen LogP contribution is 2.21. The molecule has 0 spiro atoms. The molecule has 2 heterocycles. The fourth-order valence-electron chi connectivity index (χ4n) is 3.54. The summed E-state index contributed by atoms with van der Waals surface area (Å²) in [6.07, 6.45) is 1.18. The first-order chi connectivity index (χ1) is 16.1. The molecule has 2 aromatic carbocycles. The molecule has 4 rings (SSSR count). The van der Waals surface area contributed by atoms with Gasteiger partial charge in [0.2, 0.25) is 5.95 Å². The maximum atomic E-state index is 13.1. The molecule has 1 aromatic heterocycles. The Morgan fingerprint density at radius 3 is 2.36 bits per heavy atom. The van der Waals surface area contributed by atoms with E-state index in [2.05, 4.69) is 9.88 Å². The second kappa shape index (κ2) is 10.6. The van der Waals surface area contributed by atoms with Gasteiger partial charge in [-0.2, -0.15) is 4.39 Å². The molecule has 1 fully saturated rings. The molecule has 0 bridgehead atoms. The zero-order valence-electron chi connectivity index (χ0n) is 18.0. The van der Waals surface area contributed by atoms with Crippen LogP contribution in [-0.4, -0.2) is 54.5 Å². The van der Waals surface area contributed by atoms with Gasteiger partial charge < -0.3 is 19.3 Å². The van der Waals surface area contributed by atoms with Gasteiger partial charge in [0, 0.05) is 44.1 Å². The van der Waals surface area contributed by atoms with Crippen LogP contribution in [0.5, 0.6) is 5.75 Å². The summed E-state index contributed by atoms with van der Waals surface area (Å²) in [5.74, 6) is -1.00. The normalized spacial score (nSPS) is 13.5. The van der Waals surface area contributed by atoms with Crippen molar-refractivity contribution >= 4 is 17.6 Å². The van der Waals surface area contributed by atoms with E-state index in [1.54, 1.807) is 4.90 Å². The van der Waals surface area contributed by atoms with E-state index < -0.39 is 11.9 Å². The molecule has 0 aliphatic carbocycles. The van der Waals surface area contributed by atoms with Crippen molar-refractivity contribution in [2.45, 2.75) is 6.61 Å². The first-order valence-electron chi connectivity index (χ1n) is 10.7. The number of rotatable bonds is 7. The van der Waals surface area contributed by atoms with Crippen LogP contribution in [0.15, 0.2) is 72.9 Å². The highest BCUT2D eigenvalue weighted by molar-refractivity contribution is 5.91. The van der Waals surface area contributed by atoms with E-state index in [1.165, 1.54) is 12.3 Å². The van der Waals surface area contributed by atoms with Crippen LogP contribution in [0.1, 0.15) is 15.9 Å². The number of aromatic nitrogens is 1. The van der Waals surface area contributed by atoms with Gasteiger partial charge in [-0.25, -0.2) is 9.78 Å². The van der Waals surface area contributed by atoms with Gasteiger partial charge in [-0.1, -0.05) is 30.3 Å². The fraction of sp³-hybridized carbons (Fsp3) is 0.240. The number of esters is 1. The van der Waals surface area contributed by atoms with E-state index in [0.29, 0.717) is 32.8 Å². The summed E-state index contributed by atoms with van der Waals surface area (Å²) in [6.45, 7) is 2.51. The number of carbonyl (C=O) groups excluding carboxylic acids is 2. The number of nitrogens with zero attached hydrogens (tertiary/aromatic N) is 3. The third kappa shape index (κ3) is 6.06. The van der Waals surface area contributed by atoms with Crippen LogP contribution in [0.2, 0.25) is 0 Å². The number of amides is 1. The number of pyridine rings is 1. The van der Waals surface area contributed by atoms with Gasteiger partial charge in [0.05, 0.1) is 5.56 Å². The van der Waals surface area contributed by atoms with Crippen molar-refractivity contribution in [3.63, 3.8) is 0 Å². The van der Waals surface area contributed by atoms with Crippen LogP contribution >= 0.6 is 0 Å². The van der Waals surface area contributed by atoms with E-state index in [4.69, 9.17) is 9.47 Å². The average Bonchev–Trinajstić information content (AvgIpc) is 2.87. The summed E-state index contributed by atoms with van der Waals surface area (Å²) >= 11 is 0. The molecule has 0 N–H and O–H groups in total.